The highest BCUT2D eigenvalue weighted by Crippen LogP contribution is 2.22. The van der Waals surface area contributed by atoms with Gasteiger partial charge in [0.2, 0.25) is 5.78 Å². The van der Waals surface area contributed by atoms with Gasteiger partial charge in [-0.15, -0.1) is 0 Å². The molecule has 1 N–H and O–H groups in total. The van der Waals surface area contributed by atoms with Gasteiger partial charge in [0.25, 0.3) is 0 Å². The summed E-state index contributed by atoms with van der Waals surface area (Å²) in [6, 6.07) is 18.7. The smallest absolute Gasteiger partial charge is 0.320 e. The second-order valence-electron chi connectivity index (χ2n) is 8.24. The molecule has 6 heteroatoms. The van der Waals surface area contributed by atoms with Gasteiger partial charge in [0.1, 0.15) is 18.4 Å². The zero-order valence-electron chi connectivity index (χ0n) is 18.2. The third-order valence-corrected chi connectivity index (χ3v) is 5.91. The van der Waals surface area contributed by atoms with Gasteiger partial charge in [-0.3, -0.25) is 14.5 Å². The van der Waals surface area contributed by atoms with Crippen molar-refractivity contribution in [1.29, 1.82) is 0 Å². The van der Waals surface area contributed by atoms with Crippen LogP contribution in [0.2, 0.25) is 0 Å². The number of benzene rings is 2. The number of rotatable bonds is 9. The van der Waals surface area contributed by atoms with Crippen molar-refractivity contribution >= 4 is 11.8 Å². The van der Waals surface area contributed by atoms with E-state index >= 15 is 0 Å². The zero-order valence-corrected chi connectivity index (χ0v) is 18.2. The highest BCUT2D eigenvalue weighted by molar-refractivity contribution is 6.08. The average Bonchev–Trinajstić information content (AvgIpc) is 3.44. The SMILES string of the molecule is Cc1ccc(C(=O)c2cccn2CCOc2cccc(CN3CCC[C@@H]3C(=O)O)c2)cc1. The summed E-state index contributed by atoms with van der Waals surface area (Å²) in [4.78, 5) is 26.3. The fraction of sp³-hybridized carbons (Fsp3) is 0.308. The first-order valence-corrected chi connectivity index (χ1v) is 11.0. The Kier molecular flexibility index (Phi) is 6.71. The first kappa shape index (κ1) is 21.8. The summed E-state index contributed by atoms with van der Waals surface area (Å²) < 4.78 is 7.86. The van der Waals surface area contributed by atoms with Crippen LogP contribution in [-0.4, -0.2) is 45.5 Å². The second-order valence-corrected chi connectivity index (χ2v) is 8.24. The molecule has 0 bridgehead atoms. The first-order valence-electron chi connectivity index (χ1n) is 11.0. The fourth-order valence-corrected chi connectivity index (χ4v) is 4.19. The molecule has 0 unspecified atom stereocenters. The summed E-state index contributed by atoms with van der Waals surface area (Å²) in [6.45, 7) is 4.37. The number of ketones is 1. The average molecular weight is 433 g/mol. The number of ether oxygens (including phenoxy) is 1. The van der Waals surface area contributed by atoms with Crippen LogP contribution in [0, 0.1) is 6.92 Å². The van der Waals surface area contributed by atoms with E-state index in [1.54, 1.807) is 0 Å². The lowest BCUT2D eigenvalue weighted by Gasteiger charge is -2.21. The highest BCUT2D eigenvalue weighted by atomic mass is 16.5. The summed E-state index contributed by atoms with van der Waals surface area (Å²) in [6.07, 6.45) is 3.50. The maximum atomic E-state index is 12.8. The van der Waals surface area contributed by atoms with Crippen molar-refractivity contribution in [3.63, 3.8) is 0 Å². The number of hydrogen-bond acceptors (Lipinski definition) is 4. The number of aliphatic carboxylic acids is 1. The summed E-state index contributed by atoms with van der Waals surface area (Å²) in [7, 11) is 0. The van der Waals surface area contributed by atoms with E-state index in [0.717, 1.165) is 29.8 Å². The zero-order chi connectivity index (χ0) is 22.5. The van der Waals surface area contributed by atoms with Crippen LogP contribution in [0.1, 0.15) is 40.0 Å². The van der Waals surface area contributed by atoms with E-state index in [9.17, 15) is 14.7 Å². The summed E-state index contributed by atoms with van der Waals surface area (Å²) >= 11 is 0. The predicted octanol–water partition coefficient (Wildman–Crippen LogP) is 4.16. The van der Waals surface area contributed by atoms with Crippen LogP contribution in [0.4, 0.5) is 0 Å². The summed E-state index contributed by atoms with van der Waals surface area (Å²) in [5.41, 5.74) is 3.47. The van der Waals surface area contributed by atoms with Crippen molar-refractivity contribution in [3.05, 3.63) is 89.2 Å². The van der Waals surface area contributed by atoms with Crippen LogP contribution < -0.4 is 4.74 Å². The normalized spacial score (nSPS) is 16.2. The van der Waals surface area contributed by atoms with Crippen molar-refractivity contribution in [2.75, 3.05) is 13.2 Å². The molecule has 2 aromatic carbocycles. The number of carbonyl (C=O) groups excluding carboxylic acids is 1. The molecule has 0 radical (unpaired) electrons. The Morgan fingerprint density at radius 1 is 1.09 bits per heavy atom. The van der Waals surface area contributed by atoms with E-state index < -0.39 is 12.0 Å². The monoisotopic (exact) mass is 432 g/mol. The largest absolute Gasteiger partial charge is 0.492 e. The molecule has 1 aliphatic heterocycles. The van der Waals surface area contributed by atoms with E-state index in [-0.39, 0.29) is 5.78 Å². The van der Waals surface area contributed by atoms with Gasteiger partial charge in [0.15, 0.2) is 0 Å². The number of carbonyl (C=O) groups is 2. The number of likely N-dealkylation sites (tertiary alicyclic amines) is 1. The van der Waals surface area contributed by atoms with Gasteiger partial charge in [-0.25, -0.2) is 0 Å². The lowest BCUT2D eigenvalue weighted by atomic mass is 10.1. The minimum absolute atomic E-state index is 0.00408. The van der Waals surface area contributed by atoms with Gasteiger partial charge in [-0.2, -0.15) is 0 Å². The molecular formula is C26H28N2O4. The maximum absolute atomic E-state index is 12.8. The Hall–Kier alpha value is -3.38. The molecule has 32 heavy (non-hydrogen) atoms. The van der Waals surface area contributed by atoms with Crippen molar-refractivity contribution in [2.24, 2.45) is 0 Å². The van der Waals surface area contributed by atoms with Crippen molar-refractivity contribution in [2.45, 2.75) is 38.9 Å². The van der Waals surface area contributed by atoms with Crippen molar-refractivity contribution in [3.8, 4) is 5.75 Å². The van der Waals surface area contributed by atoms with Gasteiger partial charge in [-0.1, -0.05) is 42.0 Å². The molecule has 0 saturated carbocycles. The minimum atomic E-state index is -0.752. The van der Waals surface area contributed by atoms with Gasteiger partial charge >= 0.3 is 5.97 Å². The number of hydrogen-bond donors (Lipinski definition) is 1. The Bertz CT molecular complexity index is 1090. The molecule has 1 aromatic heterocycles. The van der Waals surface area contributed by atoms with Crippen molar-refractivity contribution in [1.82, 2.24) is 9.47 Å². The number of carboxylic acids is 1. The van der Waals surface area contributed by atoms with Crippen LogP contribution in [-0.2, 0) is 17.9 Å². The highest BCUT2D eigenvalue weighted by Gasteiger charge is 2.30. The molecule has 1 aliphatic rings. The summed E-state index contributed by atoms with van der Waals surface area (Å²) in [5, 5.41) is 9.38. The van der Waals surface area contributed by atoms with E-state index in [4.69, 9.17) is 4.74 Å². The summed E-state index contributed by atoms with van der Waals surface area (Å²) in [5.74, 6) is -0.0136. The van der Waals surface area contributed by atoms with Crippen LogP contribution in [0.3, 0.4) is 0 Å². The Morgan fingerprint density at radius 3 is 2.69 bits per heavy atom. The van der Waals surface area contributed by atoms with Crippen LogP contribution in [0.25, 0.3) is 0 Å². The number of carboxylic acid groups (broad SMARTS) is 1. The maximum Gasteiger partial charge on any atom is 0.320 e. The molecule has 1 fully saturated rings. The van der Waals surface area contributed by atoms with Gasteiger partial charge in [0.05, 0.1) is 12.2 Å². The standard InChI is InChI=1S/C26H28N2O4/c1-19-9-11-21(12-10-19)25(29)23-7-3-13-27(23)15-16-32-22-6-2-5-20(17-22)18-28-14-4-8-24(28)26(30)31/h2-3,5-7,9-13,17,24H,4,8,14-16,18H2,1H3,(H,30,31)/t24-/m1/s1. The van der Waals surface area contributed by atoms with E-state index in [0.29, 0.717) is 37.4 Å². The molecule has 1 atom stereocenters. The molecular weight excluding hydrogens is 404 g/mol. The van der Waals surface area contributed by atoms with E-state index in [1.165, 1.54) is 0 Å². The molecule has 4 rings (SSSR count). The van der Waals surface area contributed by atoms with Gasteiger partial charge in [0, 0.05) is 18.3 Å². The van der Waals surface area contributed by atoms with Crippen LogP contribution in [0.15, 0.2) is 66.9 Å². The third kappa shape index (κ3) is 5.08. The molecule has 0 amide bonds. The second kappa shape index (κ2) is 9.83. The number of aryl methyl sites for hydroxylation is 1. The molecule has 1 saturated heterocycles. The van der Waals surface area contributed by atoms with Crippen LogP contribution in [0.5, 0.6) is 5.75 Å². The molecule has 166 valence electrons. The van der Waals surface area contributed by atoms with E-state index in [2.05, 4.69) is 0 Å². The van der Waals surface area contributed by atoms with Crippen LogP contribution >= 0.6 is 0 Å². The first-order chi connectivity index (χ1) is 15.5. The molecule has 6 nitrogen and oxygen atoms in total. The lowest BCUT2D eigenvalue weighted by Crippen LogP contribution is -2.35. The molecule has 2 heterocycles. The van der Waals surface area contributed by atoms with Gasteiger partial charge < -0.3 is 14.4 Å². The Labute approximate surface area is 188 Å². The Balaban J connectivity index is 1.35. The molecule has 3 aromatic rings. The molecule has 0 spiro atoms. The fourth-order valence-electron chi connectivity index (χ4n) is 4.19. The van der Waals surface area contributed by atoms with Crippen molar-refractivity contribution < 1.29 is 19.4 Å². The lowest BCUT2D eigenvalue weighted by molar-refractivity contribution is -0.142. The quantitative estimate of drug-likeness (QED) is 0.514. The van der Waals surface area contributed by atoms with E-state index in [1.807, 2.05) is 83.3 Å². The topological polar surface area (TPSA) is 71.8 Å². The predicted molar refractivity (Wildman–Crippen MR) is 122 cm³/mol. The molecule has 0 aliphatic carbocycles. The minimum Gasteiger partial charge on any atom is -0.492 e. The third-order valence-electron chi connectivity index (χ3n) is 5.91. The number of nitrogens with zero attached hydrogens (tertiary/aromatic N) is 2. The Morgan fingerprint density at radius 2 is 1.91 bits per heavy atom. The van der Waals surface area contributed by atoms with Gasteiger partial charge in [-0.05, 0) is 56.1 Å². The number of aromatic nitrogens is 1.